The van der Waals surface area contributed by atoms with Crippen LogP contribution in [-0.4, -0.2) is 25.3 Å². The van der Waals surface area contributed by atoms with Crippen LogP contribution in [0.25, 0.3) is 0 Å². The Morgan fingerprint density at radius 2 is 1.84 bits per heavy atom. The van der Waals surface area contributed by atoms with Gasteiger partial charge in [-0.25, -0.2) is 4.79 Å². The molecule has 6 nitrogen and oxygen atoms in total. The predicted octanol–water partition coefficient (Wildman–Crippen LogP) is 1.70. The number of carbonyl (C=O) groups is 1. The van der Waals surface area contributed by atoms with E-state index in [0.717, 1.165) is 12.1 Å². The summed E-state index contributed by atoms with van der Waals surface area (Å²) < 4.78 is 62.4. The highest BCUT2D eigenvalue weighted by Gasteiger charge is 2.30. The molecule has 0 aliphatic heterocycles. The lowest BCUT2D eigenvalue weighted by Crippen LogP contribution is -2.19. The summed E-state index contributed by atoms with van der Waals surface area (Å²) in [6.07, 6.45) is -3.71. The van der Waals surface area contributed by atoms with Crippen molar-refractivity contribution in [1.29, 1.82) is 0 Å². The van der Waals surface area contributed by atoms with Gasteiger partial charge in [-0.15, -0.1) is 0 Å². The Kier molecular flexibility index (Phi) is 5.78. The number of hydrogen-bond donors (Lipinski definition) is 3. The molecule has 0 unspecified atom stereocenters. The topological polar surface area (TPSA) is 109 Å². The van der Waals surface area contributed by atoms with Gasteiger partial charge < -0.3 is 11.1 Å². The smallest absolute Gasteiger partial charge is 0.351 e. The summed E-state index contributed by atoms with van der Waals surface area (Å²) in [7, 11) is -3.67. The number of halogens is 3. The molecule has 2 amide bonds. The summed E-state index contributed by atoms with van der Waals surface area (Å²) in [4.78, 5) is 10.4. The summed E-state index contributed by atoms with van der Waals surface area (Å²) in [5, 5.41) is 2.06. The molecule has 0 atom stereocenters. The van der Waals surface area contributed by atoms with E-state index in [4.69, 9.17) is 10.3 Å². The van der Waals surface area contributed by atoms with Crippen LogP contribution in [-0.2, 0) is 16.3 Å². The number of primary amides is 1. The van der Waals surface area contributed by atoms with E-state index in [9.17, 15) is 26.4 Å². The number of urea groups is 1. The number of nitrogens with two attached hydrogens (primary N) is 1. The van der Waals surface area contributed by atoms with Crippen molar-refractivity contribution in [3.05, 3.63) is 29.8 Å². The van der Waals surface area contributed by atoms with Crippen LogP contribution in [0.2, 0.25) is 0 Å². The molecular formula is C9H11F3N2O4S. The zero-order valence-electron chi connectivity index (χ0n) is 9.60. The summed E-state index contributed by atoms with van der Waals surface area (Å²) in [6.45, 7) is 0. The van der Waals surface area contributed by atoms with E-state index in [1.165, 1.54) is 12.1 Å². The van der Waals surface area contributed by atoms with Gasteiger partial charge in [-0.2, -0.15) is 21.6 Å². The SMILES string of the molecule is CS(=O)(=O)O.NC(=O)Nc1cccc(C(F)(F)F)c1. The first-order valence-corrected chi connectivity index (χ1v) is 6.40. The van der Waals surface area contributed by atoms with Gasteiger partial charge in [0, 0.05) is 5.69 Å². The van der Waals surface area contributed by atoms with Crippen LogP contribution in [0.3, 0.4) is 0 Å². The maximum atomic E-state index is 12.2. The Hall–Kier alpha value is -1.81. The molecule has 0 aliphatic carbocycles. The van der Waals surface area contributed by atoms with Gasteiger partial charge in [0.2, 0.25) is 0 Å². The Labute approximate surface area is 107 Å². The van der Waals surface area contributed by atoms with E-state index in [2.05, 4.69) is 5.32 Å². The number of anilines is 1. The van der Waals surface area contributed by atoms with Crippen molar-refractivity contribution in [2.75, 3.05) is 11.6 Å². The van der Waals surface area contributed by atoms with Crippen LogP contribution >= 0.6 is 0 Å². The first-order valence-electron chi connectivity index (χ1n) is 4.56. The highest BCUT2D eigenvalue weighted by molar-refractivity contribution is 7.85. The van der Waals surface area contributed by atoms with Crippen molar-refractivity contribution in [3.8, 4) is 0 Å². The molecule has 0 radical (unpaired) electrons. The minimum atomic E-state index is -4.42. The summed E-state index contributed by atoms with van der Waals surface area (Å²) in [5.74, 6) is 0. The molecule has 0 fully saturated rings. The van der Waals surface area contributed by atoms with Gasteiger partial charge in [0.25, 0.3) is 10.1 Å². The highest BCUT2D eigenvalue weighted by atomic mass is 32.2. The van der Waals surface area contributed by atoms with E-state index in [1.807, 2.05) is 0 Å². The number of hydrogen-bond acceptors (Lipinski definition) is 3. The van der Waals surface area contributed by atoms with Crippen LogP contribution in [0.4, 0.5) is 23.7 Å². The molecule has 0 saturated heterocycles. The maximum absolute atomic E-state index is 12.2. The fourth-order valence-corrected chi connectivity index (χ4v) is 0.916. The number of amides is 2. The first-order chi connectivity index (χ1) is 8.39. The Morgan fingerprint density at radius 3 is 2.21 bits per heavy atom. The van der Waals surface area contributed by atoms with Crippen molar-refractivity contribution >= 4 is 21.8 Å². The van der Waals surface area contributed by atoms with Crippen molar-refractivity contribution in [3.63, 3.8) is 0 Å². The number of nitrogens with one attached hydrogen (secondary N) is 1. The number of benzene rings is 1. The third-order valence-corrected chi connectivity index (χ3v) is 1.46. The summed E-state index contributed by atoms with van der Waals surface area (Å²) in [5.41, 5.74) is 3.94. The van der Waals surface area contributed by atoms with Crippen molar-refractivity contribution in [2.24, 2.45) is 5.73 Å². The van der Waals surface area contributed by atoms with Gasteiger partial charge >= 0.3 is 12.2 Å². The number of carbonyl (C=O) groups excluding carboxylic acids is 1. The molecule has 0 bridgehead atoms. The molecule has 1 aromatic carbocycles. The fourth-order valence-electron chi connectivity index (χ4n) is 0.916. The van der Waals surface area contributed by atoms with Crippen LogP contribution in [0.5, 0.6) is 0 Å². The van der Waals surface area contributed by atoms with E-state index in [-0.39, 0.29) is 5.69 Å². The molecule has 0 aliphatic rings. The lowest BCUT2D eigenvalue weighted by atomic mass is 10.2. The summed E-state index contributed by atoms with van der Waals surface area (Å²) >= 11 is 0. The van der Waals surface area contributed by atoms with E-state index in [0.29, 0.717) is 6.26 Å². The Balaban J connectivity index is 0.000000555. The van der Waals surface area contributed by atoms with Gasteiger partial charge in [-0.3, -0.25) is 4.55 Å². The minimum absolute atomic E-state index is 0.0207. The molecular weight excluding hydrogens is 289 g/mol. The normalized spacial score (nSPS) is 11.2. The van der Waals surface area contributed by atoms with Gasteiger partial charge in [0.15, 0.2) is 0 Å². The lowest BCUT2D eigenvalue weighted by Gasteiger charge is -2.08. The minimum Gasteiger partial charge on any atom is -0.351 e. The molecule has 108 valence electrons. The van der Waals surface area contributed by atoms with E-state index >= 15 is 0 Å². The van der Waals surface area contributed by atoms with Crippen LogP contribution < -0.4 is 11.1 Å². The Morgan fingerprint density at radius 1 is 1.37 bits per heavy atom. The van der Waals surface area contributed by atoms with Crippen LogP contribution in [0.1, 0.15) is 5.56 Å². The average molecular weight is 300 g/mol. The molecule has 19 heavy (non-hydrogen) atoms. The zero-order chi connectivity index (χ0) is 15.3. The highest BCUT2D eigenvalue weighted by Crippen LogP contribution is 2.30. The third kappa shape index (κ3) is 9.85. The average Bonchev–Trinajstić information content (AvgIpc) is 2.12. The van der Waals surface area contributed by atoms with E-state index in [1.54, 1.807) is 0 Å². The van der Waals surface area contributed by atoms with Crippen molar-refractivity contribution < 1.29 is 30.9 Å². The zero-order valence-corrected chi connectivity index (χ0v) is 10.4. The standard InChI is InChI=1S/C8H7F3N2O.CH4O3S/c9-8(10,11)5-2-1-3-6(4-5)13-7(12)14;1-5(2,3)4/h1-4H,(H3,12,13,14);1H3,(H,2,3,4). The molecule has 0 aromatic heterocycles. The quantitative estimate of drug-likeness (QED) is 0.686. The Bertz CT molecular complexity index is 535. The first kappa shape index (κ1) is 17.2. The van der Waals surface area contributed by atoms with E-state index < -0.39 is 27.9 Å². The molecule has 10 heteroatoms. The predicted molar refractivity (Wildman–Crippen MR) is 62.1 cm³/mol. The molecule has 0 spiro atoms. The summed E-state index contributed by atoms with van der Waals surface area (Å²) in [6, 6.07) is 3.33. The van der Waals surface area contributed by atoms with Gasteiger partial charge in [-0.1, -0.05) is 6.07 Å². The molecule has 1 rings (SSSR count). The molecule has 0 heterocycles. The monoisotopic (exact) mass is 300 g/mol. The molecule has 0 saturated carbocycles. The van der Waals surface area contributed by atoms with Crippen LogP contribution in [0, 0.1) is 0 Å². The second kappa shape index (κ2) is 6.38. The third-order valence-electron chi connectivity index (χ3n) is 1.46. The van der Waals surface area contributed by atoms with Gasteiger partial charge in [-0.05, 0) is 18.2 Å². The molecule has 1 aromatic rings. The number of alkyl halides is 3. The lowest BCUT2D eigenvalue weighted by molar-refractivity contribution is -0.137. The largest absolute Gasteiger partial charge is 0.416 e. The second-order valence-electron chi connectivity index (χ2n) is 3.30. The maximum Gasteiger partial charge on any atom is 0.416 e. The van der Waals surface area contributed by atoms with Crippen molar-refractivity contribution in [2.45, 2.75) is 6.18 Å². The van der Waals surface area contributed by atoms with Crippen molar-refractivity contribution in [1.82, 2.24) is 0 Å². The van der Waals surface area contributed by atoms with Gasteiger partial charge in [0.05, 0.1) is 11.8 Å². The number of rotatable bonds is 1. The fraction of sp³-hybridized carbons (Fsp3) is 0.222. The second-order valence-corrected chi connectivity index (χ2v) is 4.77. The molecule has 4 N–H and O–H groups in total. The van der Waals surface area contributed by atoms with Crippen LogP contribution in [0.15, 0.2) is 24.3 Å². The van der Waals surface area contributed by atoms with Gasteiger partial charge in [0.1, 0.15) is 0 Å².